The smallest absolute Gasteiger partial charge is 0.253 e. The number of amides is 1. The maximum atomic E-state index is 13.0. The van der Waals surface area contributed by atoms with E-state index in [-0.39, 0.29) is 23.0 Å². The Kier molecular flexibility index (Phi) is 5.64. The predicted octanol–water partition coefficient (Wildman–Crippen LogP) is 1.84. The summed E-state index contributed by atoms with van der Waals surface area (Å²) in [6.45, 7) is 3.56. The molecule has 1 aliphatic heterocycles. The minimum atomic E-state index is -2.18. The van der Waals surface area contributed by atoms with Crippen molar-refractivity contribution >= 4 is 28.6 Å². The predicted molar refractivity (Wildman–Crippen MR) is 110 cm³/mol. The van der Waals surface area contributed by atoms with Crippen molar-refractivity contribution in [2.45, 2.75) is 18.7 Å². The Labute approximate surface area is 177 Å². The fourth-order valence-electron chi connectivity index (χ4n) is 4.14. The molecular weight excluding hydrogens is 404 g/mol. The van der Waals surface area contributed by atoms with E-state index in [1.165, 1.54) is 6.07 Å². The number of nitrogens with zero attached hydrogens (tertiary/aromatic N) is 2. The van der Waals surface area contributed by atoms with Crippen molar-refractivity contribution in [2.24, 2.45) is 0 Å². The van der Waals surface area contributed by atoms with Gasteiger partial charge >= 0.3 is 0 Å². The first-order valence-electron chi connectivity index (χ1n) is 9.86. The second kappa shape index (κ2) is 8.22. The van der Waals surface area contributed by atoms with Crippen molar-refractivity contribution in [3.63, 3.8) is 0 Å². The Bertz CT molecular complexity index is 1060. The summed E-state index contributed by atoms with van der Waals surface area (Å²) in [6, 6.07) is 11.3. The minimum Gasteiger partial charge on any atom is -0.771 e. The first-order chi connectivity index (χ1) is 14.4. The van der Waals surface area contributed by atoms with E-state index >= 15 is 0 Å². The summed E-state index contributed by atoms with van der Waals surface area (Å²) >= 11 is -2.18. The summed E-state index contributed by atoms with van der Waals surface area (Å²) in [4.78, 5) is 42.1. The lowest BCUT2D eigenvalue weighted by Crippen LogP contribution is -2.52. The van der Waals surface area contributed by atoms with Crippen LogP contribution in [0.4, 0.5) is 0 Å². The lowest BCUT2D eigenvalue weighted by Gasteiger charge is -2.39. The quantitative estimate of drug-likeness (QED) is 0.592. The van der Waals surface area contributed by atoms with E-state index in [0.717, 1.165) is 0 Å². The average Bonchev–Trinajstić information content (AvgIpc) is 2.77. The number of carbonyl (C=O) groups excluding carboxylic acids is 3. The first-order valence-corrected chi connectivity index (χ1v) is 11.0. The molecule has 2 aromatic rings. The molecule has 1 fully saturated rings. The van der Waals surface area contributed by atoms with E-state index in [9.17, 15) is 23.1 Å². The molecule has 1 amide bonds. The lowest BCUT2D eigenvalue weighted by atomic mass is 9.83. The van der Waals surface area contributed by atoms with Crippen molar-refractivity contribution < 1.29 is 23.1 Å². The van der Waals surface area contributed by atoms with Crippen LogP contribution in [0, 0.1) is 0 Å². The molecular formula is C22H21N2O5S-. The van der Waals surface area contributed by atoms with Gasteiger partial charge in [0.2, 0.25) is 0 Å². The van der Waals surface area contributed by atoms with E-state index in [4.69, 9.17) is 0 Å². The number of rotatable bonds is 4. The highest BCUT2D eigenvalue weighted by Gasteiger charge is 2.31. The Morgan fingerprint density at radius 3 is 2.10 bits per heavy atom. The molecule has 7 nitrogen and oxygen atoms in total. The van der Waals surface area contributed by atoms with Gasteiger partial charge in [0.25, 0.3) is 5.91 Å². The Morgan fingerprint density at radius 2 is 1.53 bits per heavy atom. The van der Waals surface area contributed by atoms with Crippen molar-refractivity contribution in [2.75, 3.05) is 26.2 Å². The van der Waals surface area contributed by atoms with E-state index in [1.54, 1.807) is 41.3 Å². The van der Waals surface area contributed by atoms with Gasteiger partial charge in [-0.1, -0.05) is 31.2 Å². The van der Waals surface area contributed by atoms with Crippen LogP contribution < -0.4 is 0 Å². The maximum Gasteiger partial charge on any atom is 0.253 e. The van der Waals surface area contributed by atoms with Gasteiger partial charge in [0.1, 0.15) is 0 Å². The molecule has 2 aromatic carbocycles. The van der Waals surface area contributed by atoms with E-state index in [1.807, 2.05) is 11.8 Å². The van der Waals surface area contributed by atoms with Gasteiger partial charge in [-0.2, -0.15) is 0 Å². The summed E-state index contributed by atoms with van der Waals surface area (Å²) in [5.41, 5.74) is 1.64. The van der Waals surface area contributed by atoms with Crippen molar-refractivity contribution in [1.82, 2.24) is 9.80 Å². The van der Waals surface area contributed by atoms with Gasteiger partial charge in [0.05, 0.1) is 5.37 Å². The van der Waals surface area contributed by atoms with E-state index in [2.05, 4.69) is 0 Å². The van der Waals surface area contributed by atoms with E-state index < -0.39 is 16.5 Å². The molecule has 8 heteroatoms. The molecule has 0 aromatic heterocycles. The average molecular weight is 425 g/mol. The number of carbonyl (C=O) groups is 3. The zero-order chi connectivity index (χ0) is 21.4. The molecule has 156 valence electrons. The van der Waals surface area contributed by atoms with Crippen molar-refractivity contribution in [3.8, 4) is 0 Å². The number of hydrogen-bond acceptors (Lipinski definition) is 6. The van der Waals surface area contributed by atoms with Crippen molar-refractivity contribution in [1.29, 1.82) is 0 Å². The molecule has 2 aliphatic rings. The summed E-state index contributed by atoms with van der Waals surface area (Å²) in [5, 5.41) is -0.547. The molecule has 2 unspecified atom stereocenters. The van der Waals surface area contributed by atoms with Crippen LogP contribution in [0.5, 0.6) is 0 Å². The molecule has 0 saturated carbocycles. The Hall–Kier alpha value is -2.68. The standard InChI is InChI=1S/C22H22N2O5S/c1-2-19(30(28)29)23-9-11-24(12-10-23)22(27)14-7-8-17-18(13-14)21(26)16-6-4-3-5-15(16)20(17)25/h3-8,13,19H,2,9-12H2,1H3,(H,28,29)/p-1. The Balaban J connectivity index is 1.54. The Morgan fingerprint density at radius 1 is 0.967 bits per heavy atom. The third kappa shape index (κ3) is 3.51. The van der Waals surface area contributed by atoms with Crippen LogP contribution in [0.25, 0.3) is 0 Å². The molecule has 4 rings (SSSR count). The summed E-state index contributed by atoms with van der Waals surface area (Å²) in [7, 11) is 0. The van der Waals surface area contributed by atoms with Crippen LogP contribution in [-0.2, 0) is 11.1 Å². The zero-order valence-corrected chi connectivity index (χ0v) is 17.3. The first kappa shape index (κ1) is 20.6. The maximum absolute atomic E-state index is 13.0. The fraction of sp³-hybridized carbons (Fsp3) is 0.318. The van der Waals surface area contributed by atoms with Crippen LogP contribution in [0.3, 0.4) is 0 Å². The van der Waals surface area contributed by atoms with Gasteiger partial charge in [0, 0.05) is 54.0 Å². The third-order valence-corrected chi connectivity index (χ3v) is 6.83. The summed E-state index contributed by atoms with van der Waals surface area (Å²) in [6.07, 6.45) is 0.493. The molecule has 30 heavy (non-hydrogen) atoms. The number of piperazine rings is 1. The minimum absolute atomic E-state index is 0.218. The van der Waals surface area contributed by atoms with Gasteiger partial charge in [-0.15, -0.1) is 0 Å². The van der Waals surface area contributed by atoms with Gasteiger partial charge in [-0.25, -0.2) is 0 Å². The highest BCUT2D eigenvalue weighted by Crippen LogP contribution is 2.28. The molecule has 0 N–H and O–H groups in total. The highest BCUT2D eigenvalue weighted by molar-refractivity contribution is 7.79. The highest BCUT2D eigenvalue weighted by atomic mass is 32.2. The molecule has 0 radical (unpaired) electrons. The fourth-order valence-corrected chi connectivity index (χ4v) is 4.87. The molecule has 1 aliphatic carbocycles. The number of hydrogen-bond donors (Lipinski definition) is 0. The normalized spacial score (nSPS) is 18.5. The second-order valence-electron chi connectivity index (χ2n) is 7.42. The van der Waals surface area contributed by atoms with Gasteiger partial charge < -0.3 is 9.45 Å². The third-order valence-electron chi connectivity index (χ3n) is 5.75. The van der Waals surface area contributed by atoms with Crippen LogP contribution in [0.1, 0.15) is 55.5 Å². The van der Waals surface area contributed by atoms with Crippen molar-refractivity contribution in [3.05, 3.63) is 70.3 Å². The zero-order valence-electron chi connectivity index (χ0n) is 16.5. The monoisotopic (exact) mass is 425 g/mol. The lowest BCUT2D eigenvalue weighted by molar-refractivity contribution is 0.0616. The van der Waals surface area contributed by atoms with E-state index in [0.29, 0.717) is 54.9 Å². The largest absolute Gasteiger partial charge is 0.771 e. The summed E-state index contributed by atoms with van der Waals surface area (Å²) in [5.74, 6) is -0.708. The number of ketones is 2. The van der Waals surface area contributed by atoms with Gasteiger partial charge in [0.15, 0.2) is 11.6 Å². The van der Waals surface area contributed by atoms with Gasteiger partial charge in [-0.05, 0) is 35.7 Å². The second-order valence-corrected chi connectivity index (χ2v) is 8.48. The number of benzene rings is 2. The van der Waals surface area contributed by atoms with Gasteiger partial charge in [-0.3, -0.25) is 23.5 Å². The van der Waals surface area contributed by atoms with Crippen LogP contribution in [0.15, 0.2) is 42.5 Å². The molecule has 1 saturated heterocycles. The summed E-state index contributed by atoms with van der Waals surface area (Å²) < 4.78 is 22.7. The van der Waals surface area contributed by atoms with Crippen LogP contribution >= 0.6 is 0 Å². The molecule has 0 spiro atoms. The SMILES string of the molecule is CCC(N1CCN(C(=O)c2ccc3c(c2)C(=O)c2ccccc2C3=O)CC1)S(=O)[O-]. The topological polar surface area (TPSA) is 97.8 Å². The molecule has 1 heterocycles. The number of fused-ring (bicyclic) bond motifs is 2. The van der Waals surface area contributed by atoms with Crippen LogP contribution in [0.2, 0.25) is 0 Å². The molecule has 2 atom stereocenters. The van der Waals surface area contributed by atoms with Crippen LogP contribution in [-0.4, -0.2) is 67.6 Å². The molecule has 0 bridgehead atoms.